The molecule has 0 saturated carbocycles. The molecular weight excluding hydrogens is 278 g/mol. The van der Waals surface area contributed by atoms with Crippen LogP contribution in [0.5, 0.6) is 0 Å². The Morgan fingerprint density at radius 3 is 2.82 bits per heavy atom. The zero-order chi connectivity index (χ0) is 15.9. The second-order valence-electron chi connectivity index (χ2n) is 6.23. The van der Waals surface area contributed by atoms with Gasteiger partial charge in [0.25, 0.3) is 0 Å². The molecule has 0 radical (unpaired) electrons. The summed E-state index contributed by atoms with van der Waals surface area (Å²) in [5, 5.41) is 4.24. The molecule has 0 bridgehead atoms. The molecule has 3 heterocycles. The first kappa shape index (κ1) is 14.9. The third-order valence-corrected chi connectivity index (χ3v) is 4.56. The molecule has 2 atom stereocenters. The largest absolute Gasteiger partial charge is 0.466 e. The molecule has 1 aliphatic rings. The van der Waals surface area contributed by atoms with Gasteiger partial charge in [0, 0.05) is 30.9 Å². The Labute approximate surface area is 130 Å². The second kappa shape index (κ2) is 5.63. The minimum atomic E-state index is -0.172. The Kier molecular flexibility index (Phi) is 3.81. The first-order valence-corrected chi connectivity index (χ1v) is 7.83. The van der Waals surface area contributed by atoms with Gasteiger partial charge < -0.3 is 9.32 Å². The Morgan fingerprint density at radius 2 is 2.23 bits per heavy atom. The van der Waals surface area contributed by atoms with Gasteiger partial charge in [-0.05, 0) is 39.7 Å². The highest BCUT2D eigenvalue weighted by molar-refractivity contribution is 5.84. The van der Waals surface area contributed by atoms with E-state index < -0.39 is 0 Å². The minimum Gasteiger partial charge on any atom is -0.466 e. The molecule has 0 N–H and O–H groups in total. The van der Waals surface area contributed by atoms with Crippen LogP contribution in [0.25, 0.3) is 0 Å². The van der Waals surface area contributed by atoms with E-state index >= 15 is 0 Å². The fraction of sp³-hybridized carbons (Fsp3) is 0.529. The van der Waals surface area contributed by atoms with Crippen molar-refractivity contribution in [2.45, 2.75) is 45.6 Å². The molecule has 1 fully saturated rings. The SMILES string of the molecule is Cc1cc([C@H](C)C(=O)N2CCC[C@@H]2c2cnn(C)c2)c(C)o1. The number of aromatic nitrogens is 2. The Hall–Kier alpha value is -2.04. The van der Waals surface area contributed by atoms with Gasteiger partial charge in [-0.25, -0.2) is 0 Å². The standard InChI is InChI=1S/C17H23N3O2/c1-11-8-15(13(3)22-11)12(2)17(21)20-7-5-6-16(20)14-9-18-19(4)10-14/h8-10,12,16H,5-7H2,1-4H3/t12-,16+/m0/s1. The van der Waals surface area contributed by atoms with Crippen molar-refractivity contribution in [1.29, 1.82) is 0 Å². The molecule has 2 aromatic rings. The summed E-state index contributed by atoms with van der Waals surface area (Å²) in [6.07, 6.45) is 5.93. The number of hydrogen-bond acceptors (Lipinski definition) is 3. The predicted molar refractivity (Wildman–Crippen MR) is 83.5 cm³/mol. The lowest BCUT2D eigenvalue weighted by atomic mass is 9.99. The van der Waals surface area contributed by atoms with Crippen molar-refractivity contribution in [3.05, 3.63) is 41.1 Å². The summed E-state index contributed by atoms with van der Waals surface area (Å²) in [6, 6.07) is 2.13. The number of carbonyl (C=O) groups is 1. The van der Waals surface area contributed by atoms with Gasteiger partial charge in [-0.3, -0.25) is 9.48 Å². The summed E-state index contributed by atoms with van der Waals surface area (Å²) in [4.78, 5) is 15.0. The van der Waals surface area contributed by atoms with Crippen molar-refractivity contribution in [3.63, 3.8) is 0 Å². The van der Waals surface area contributed by atoms with E-state index in [1.165, 1.54) is 0 Å². The van der Waals surface area contributed by atoms with Crippen molar-refractivity contribution in [3.8, 4) is 0 Å². The van der Waals surface area contributed by atoms with Crippen molar-refractivity contribution in [2.75, 3.05) is 6.54 Å². The molecule has 0 aromatic carbocycles. The highest BCUT2D eigenvalue weighted by Crippen LogP contribution is 2.35. The lowest BCUT2D eigenvalue weighted by molar-refractivity contribution is -0.133. The number of furan rings is 1. The van der Waals surface area contributed by atoms with E-state index in [-0.39, 0.29) is 17.9 Å². The Balaban J connectivity index is 1.83. The number of amides is 1. The fourth-order valence-electron chi connectivity index (χ4n) is 3.45. The van der Waals surface area contributed by atoms with Gasteiger partial charge in [0.1, 0.15) is 11.5 Å². The average Bonchev–Trinajstić information content (AvgIpc) is 3.17. The van der Waals surface area contributed by atoms with Crippen LogP contribution in [0.1, 0.15) is 54.4 Å². The molecule has 1 saturated heterocycles. The van der Waals surface area contributed by atoms with E-state index in [1.807, 2.05) is 51.2 Å². The smallest absolute Gasteiger partial charge is 0.230 e. The van der Waals surface area contributed by atoms with Crippen molar-refractivity contribution in [1.82, 2.24) is 14.7 Å². The zero-order valence-corrected chi connectivity index (χ0v) is 13.7. The van der Waals surface area contributed by atoms with Gasteiger partial charge in [-0.15, -0.1) is 0 Å². The van der Waals surface area contributed by atoms with Crippen LogP contribution in [0.15, 0.2) is 22.9 Å². The van der Waals surface area contributed by atoms with E-state index in [9.17, 15) is 4.79 Å². The molecule has 5 heteroatoms. The van der Waals surface area contributed by atoms with E-state index in [0.717, 1.165) is 42.0 Å². The predicted octanol–water partition coefficient (Wildman–Crippen LogP) is 3.10. The monoisotopic (exact) mass is 301 g/mol. The van der Waals surface area contributed by atoms with Crippen LogP contribution < -0.4 is 0 Å². The van der Waals surface area contributed by atoms with Crippen LogP contribution in [0.3, 0.4) is 0 Å². The van der Waals surface area contributed by atoms with Gasteiger partial charge in [0.2, 0.25) is 5.91 Å². The number of aryl methyl sites for hydroxylation is 3. The third kappa shape index (κ3) is 2.56. The molecule has 5 nitrogen and oxygen atoms in total. The highest BCUT2D eigenvalue weighted by atomic mass is 16.3. The molecule has 1 aliphatic heterocycles. The summed E-state index contributed by atoms with van der Waals surface area (Å²) in [7, 11) is 1.91. The molecular formula is C17H23N3O2. The molecule has 2 aromatic heterocycles. The van der Waals surface area contributed by atoms with E-state index in [4.69, 9.17) is 4.42 Å². The van der Waals surface area contributed by atoms with E-state index in [0.29, 0.717) is 0 Å². The minimum absolute atomic E-state index is 0.150. The van der Waals surface area contributed by atoms with Gasteiger partial charge in [-0.2, -0.15) is 5.10 Å². The second-order valence-corrected chi connectivity index (χ2v) is 6.23. The first-order chi connectivity index (χ1) is 10.5. The van der Waals surface area contributed by atoms with Crippen molar-refractivity contribution >= 4 is 5.91 Å². The summed E-state index contributed by atoms with van der Waals surface area (Å²) >= 11 is 0. The maximum Gasteiger partial charge on any atom is 0.230 e. The van der Waals surface area contributed by atoms with Gasteiger partial charge in [-0.1, -0.05) is 0 Å². The molecule has 118 valence electrons. The average molecular weight is 301 g/mol. The number of rotatable bonds is 3. The van der Waals surface area contributed by atoms with Crippen LogP contribution in [-0.4, -0.2) is 27.1 Å². The van der Waals surface area contributed by atoms with Crippen LogP contribution >= 0.6 is 0 Å². The normalized spacial score (nSPS) is 19.6. The van der Waals surface area contributed by atoms with E-state index in [2.05, 4.69) is 5.10 Å². The Morgan fingerprint density at radius 1 is 1.45 bits per heavy atom. The van der Waals surface area contributed by atoms with Crippen LogP contribution in [0, 0.1) is 13.8 Å². The maximum absolute atomic E-state index is 13.0. The molecule has 1 amide bonds. The van der Waals surface area contributed by atoms with Crippen LogP contribution in [-0.2, 0) is 11.8 Å². The molecule has 0 unspecified atom stereocenters. The maximum atomic E-state index is 13.0. The summed E-state index contributed by atoms with van der Waals surface area (Å²) in [6.45, 7) is 6.63. The summed E-state index contributed by atoms with van der Waals surface area (Å²) in [5.74, 6) is 1.71. The topological polar surface area (TPSA) is 51.3 Å². The number of nitrogens with zero attached hydrogens (tertiary/aromatic N) is 3. The lowest BCUT2D eigenvalue weighted by Crippen LogP contribution is -2.33. The molecule has 0 aliphatic carbocycles. The Bertz CT molecular complexity index is 686. The highest BCUT2D eigenvalue weighted by Gasteiger charge is 2.34. The van der Waals surface area contributed by atoms with Gasteiger partial charge in [0.15, 0.2) is 0 Å². The number of carbonyl (C=O) groups excluding carboxylic acids is 1. The molecule has 3 rings (SSSR count). The van der Waals surface area contributed by atoms with Crippen LogP contribution in [0.2, 0.25) is 0 Å². The van der Waals surface area contributed by atoms with Crippen molar-refractivity contribution < 1.29 is 9.21 Å². The van der Waals surface area contributed by atoms with Gasteiger partial charge in [0.05, 0.1) is 18.2 Å². The fourth-order valence-corrected chi connectivity index (χ4v) is 3.45. The zero-order valence-electron chi connectivity index (χ0n) is 13.7. The van der Waals surface area contributed by atoms with E-state index in [1.54, 1.807) is 4.68 Å². The number of hydrogen-bond donors (Lipinski definition) is 0. The molecule has 22 heavy (non-hydrogen) atoms. The summed E-state index contributed by atoms with van der Waals surface area (Å²) < 4.78 is 7.37. The van der Waals surface area contributed by atoms with Crippen LogP contribution in [0.4, 0.5) is 0 Å². The lowest BCUT2D eigenvalue weighted by Gasteiger charge is -2.27. The quantitative estimate of drug-likeness (QED) is 0.875. The first-order valence-electron chi connectivity index (χ1n) is 7.83. The van der Waals surface area contributed by atoms with Crippen molar-refractivity contribution in [2.24, 2.45) is 7.05 Å². The molecule has 0 spiro atoms. The third-order valence-electron chi connectivity index (χ3n) is 4.56. The summed E-state index contributed by atoms with van der Waals surface area (Å²) in [5.41, 5.74) is 2.12. The van der Waals surface area contributed by atoms with Gasteiger partial charge >= 0.3 is 0 Å². The number of likely N-dealkylation sites (tertiary alicyclic amines) is 1.